The molecule has 1 aromatic rings. The average molecular weight is 458 g/mol. The fraction of sp³-hybridized carbons (Fsp3) is 0.625. The molecule has 9 nitrogen and oxygen atoms in total. The van der Waals surface area contributed by atoms with Gasteiger partial charge in [0.1, 0.15) is 11.3 Å². The van der Waals surface area contributed by atoms with Gasteiger partial charge in [0.2, 0.25) is 5.91 Å². The molecular weight excluding hydrogens is 422 g/mol. The van der Waals surface area contributed by atoms with Gasteiger partial charge in [0.15, 0.2) is 0 Å². The van der Waals surface area contributed by atoms with E-state index in [2.05, 4.69) is 15.1 Å². The van der Waals surface area contributed by atoms with Gasteiger partial charge in [-0.3, -0.25) is 19.4 Å². The van der Waals surface area contributed by atoms with Gasteiger partial charge in [0.05, 0.1) is 20.3 Å². The molecule has 0 spiro atoms. The zero-order valence-electron chi connectivity index (χ0n) is 19.7. The highest BCUT2D eigenvalue weighted by Crippen LogP contribution is 2.31. The first-order valence-electron chi connectivity index (χ1n) is 11.9. The highest BCUT2D eigenvalue weighted by atomic mass is 16.5. The average Bonchev–Trinajstić information content (AvgIpc) is 3.02. The van der Waals surface area contributed by atoms with Crippen LogP contribution in [0.25, 0.3) is 0 Å². The summed E-state index contributed by atoms with van der Waals surface area (Å²) in [6, 6.07) is 6.84. The maximum absolute atomic E-state index is 13.2. The van der Waals surface area contributed by atoms with Crippen LogP contribution in [0.2, 0.25) is 0 Å². The number of nitrogens with zero attached hydrogens (tertiary/aromatic N) is 4. The number of rotatable bonds is 6. The third-order valence-electron chi connectivity index (χ3n) is 7.05. The van der Waals surface area contributed by atoms with Crippen molar-refractivity contribution in [3.8, 4) is 5.75 Å². The molecule has 33 heavy (non-hydrogen) atoms. The lowest BCUT2D eigenvalue weighted by atomic mass is 9.92. The molecule has 3 saturated heterocycles. The quantitative estimate of drug-likeness (QED) is 0.651. The van der Waals surface area contributed by atoms with Crippen molar-refractivity contribution in [1.82, 2.24) is 24.9 Å². The summed E-state index contributed by atoms with van der Waals surface area (Å²) in [6.07, 6.45) is 4.62. The number of methoxy groups -OCH3 is 1. The molecule has 0 radical (unpaired) electrons. The number of likely N-dealkylation sites (tertiary alicyclic amines) is 1. The summed E-state index contributed by atoms with van der Waals surface area (Å²) < 4.78 is 5.27. The summed E-state index contributed by atoms with van der Waals surface area (Å²) in [6.45, 7) is 7.08. The van der Waals surface area contributed by atoms with Gasteiger partial charge in [0, 0.05) is 39.3 Å². The fourth-order valence-corrected chi connectivity index (χ4v) is 4.86. The smallest absolute Gasteiger partial charge is 0.326 e. The van der Waals surface area contributed by atoms with E-state index in [9.17, 15) is 14.4 Å². The van der Waals surface area contributed by atoms with Gasteiger partial charge in [-0.25, -0.2) is 9.69 Å². The second kappa shape index (κ2) is 10.1. The number of benzene rings is 1. The first-order valence-corrected chi connectivity index (χ1v) is 11.9. The van der Waals surface area contributed by atoms with E-state index < -0.39 is 5.54 Å². The number of urea groups is 1. The van der Waals surface area contributed by atoms with Gasteiger partial charge >= 0.3 is 6.03 Å². The van der Waals surface area contributed by atoms with E-state index in [1.165, 1.54) is 17.7 Å². The van der Waals surface area contributed by atoms with Crippen molar-refractivity contribution in [3.05, 3.63) is 29.8 Å². The van der Waals surface area contributed by atoms with Crippen LogP contribution in [0.15, 0.2) is 24.3 Å². The predicted octanol–water partition coefficient (Wildman–Crippen LogP) is 1.44. The third kappa shape index (κ3) is 5.14. The van der Waals surface area contributed by atoms with Crippen molar-refractivity contribution in [2.24, 2.45) is 0 Å². The number of carbonyl (C=O) groups excluding carboxylic acids is 3. The molecule has 0 aromatic heterocycles. The molecule has 1 N–H and O–H groups in total. The van der Waals surface area contributed by atoms with E-state index in [-0.39, 0.29) is 24.5 Å². The molecule has 3 heterocycles. The van der Waals surface area contributed by atoms with Gasteiger partial charge in [-0.2, -0.15) is 0 Å². The highest BCUT2D eigenvalue weighted by Gasteiger charge is 2.49. The summed E-state index contributed by atoms with van der Waals surface area (Å²) in [7, 11) is 1.57. The van der Waals surface area contributed by atoms with Crippen LogP contribution in [0.4, 0.5) is 4.79 Å². The number of hydrogen-bond acceptors (Lipinski definition) is 6. The number of amides is 4. The lowest BCUT2D eigenvalue weighted by Gasteiger charge is -2.36. The molecular formula is C24H35N5O4. The van der Waals surface area contributed by atoms with Gasteiger partial charge < -0.3 is 15.0 Å². The van der Waals surface area contributed by atoms with Crippen molar-refractivity contribution in [2.75, 3.05) is 59.6 Å². The predicted molar refractivity (Wildman–Crippen MR) is 124 cm³/mol. The van der Waals surface area contributed by atoms with Crippen LogP contribution in [0.3, 0.4) is 0 Å². The van der Waals surface area contributed by atoms with E-state index in [0.29, 0.717) is 30.9 Å². The van der Waals surface area contributed by atoms with Crippen molar-refractivity contribution in [2.45, 2.75) is 38.1 Å². The molecule has 1 aromatic carbocycles. The van der Waals surface area contributed by atoms with Gasteiger partial charge in [-0.1, -0.05) is 25.0 Å². The van der Waals surface area contributed by atoms with E-state index in [1.54, 1.807) is 20.1 Å². The maximum Gasteiger partial charge on any atom is 0.326 e. The summed E-state index contributed by atoms with van der Waals surface area (Å²) >= 11 is 0. The van der Waals surface area contributed by atoms with Crippen LogP contribution in [-0.2, 0) is 15.1 Å². The number of nitrogens with one attached hydrogen (secondary N) is 1. The van der Waals surface area contributed by atoms with Crippen molar-refractivity contribution in [1.29, 1.82) is 0 Å². The van der Waals surface area contributed by atoms with E-state index in [0.717, 1.165) is 39.0 Å². The second-order valence-electron chi connectivity index (χ2n) is 9.35. The zero-order chi connectivity index (χ0) is 23.4. The molecule has 9 heteroatoms. The number of piperazine rings is 1. The molecule has 0 bridgehead atoms. The Balaban J connectivity index is 1.30. The zero-order valence-corrected chi connectivity index (χ0v) is 19.7. The Morgan fingerprint density at radius 3 is 2.33 bits per heavy atom. The first-order chi connectivity index (χ1) is 15.9. The minimum Gasteiger partial charge on any atom is -0.497 e. The molecule has 180 valence electrons. The molecule has 0 aliphatic carbocycles. The van der Waals surface area contributed by atoms with E-state index >= 15 is 0 Å². The van der Waals surface area contributed by atoms with Crippen LogP contribution in [-0.4, -0.2) is 97.0 Å². The van der Waals surface area contributed by atoms with Crippen molar-refractivity contribution >= 4 is 17.8 Å². The number of hydrogen-bond donors (Lipinski definition) is 1. The minimum absolute atomic E-state index is 0.216. The summed E-state index contributed by atoms with van der Waals surface area (Å²) in [5.74, 6) is 0.591. The van der Waals surface area contributed by atoms with Crippen LogP contribution in [0.1, 0.15) is 38.2 Å². The Labute approximate surface area is 195 Å². The van der Waals surface area contributed by atoms with Crippen LogP contribution in [0.5, 0.6) is 5.75 Å². The fourth-order valence-electron chi connectivity index (χ4n) is 4.86. The molecule has 4 amide bonds. The third-order valence-corrected chi connectivity index (χ3v) is 7.05. The number of ether oxygens (including phenoxy) is 1. The second-order valence-corrected chi connectivity index (χ2v) is 9.35. The Hall–Kier alpha value is -2.65. The Bertz CT molecular complexity index is 877. The molecule has 3 aliphatic rings. The Morgan fingerprint density at radius 2 is 1.67 bits per heavy atom. The number of imide groups is 1. The molecule has 0 unspecified atom stereocenters. The molecule has 0 saturated carbocycles. The standard InChI is InChI=1S/C24H35N5O4/c1-24(19-8-7-9-20(16-19)33-2)22(31)29(23(32)25-24)18-27-14-12-26(13-15-27)17-21(30)28-10-5-3-4-6-11-28/h7-9,16H,3-6,10-15,17-18H2,1-2H3,(H,25,32)/t24-/m0/s1. The van der Waals surface area contributed by atoms with E-state index in [4.69, 9.17) is 4.74 Å². The van der Waals surface area contributed by atoms with Gasteiger partial charge in [0.25, 0.3) is 5.91 Å². The maximum atomic E-state index is 13.2. The summed E-state index contributed by atoms with van der Waals surface area (Å²) in [4.78, 5) is 46.2. The van der Waals surface area contributed by atoms with Crippen molar-refractivity contribution in [3.63, 3.8) is 0 Å². The summed E-state index contributed by atoms with van der Waals surface area (Å²) in [5, 5.41) is 2.86. The SMILES string of the molecule is COc1cccc([C@]2(C)NC(=O)N(CN3CCN(CC(=O)N4CCCCCC4)CC3)C2=O)c1. The topological polar surface area (TPSA) is 85.4 Å². The molecule has 3 fully saturated rings. The number of carbonyl (C=O) groups is 3. The molecule has 1 atom stereocenters. The normalized spacial score (nSPS) is 25.2. The largest absolute Gasteiger partial charge is 0.497 e. The highest BCUT2D eigenvalue weighted by molar-refractivity contribution is 6.07. The molecule has 3 aliphatic heterocycles. The minimum atomic E-state index is -1.12. The van der Waals surface area contributed by atoms with Crippen molar-refractivity contribution < 1.29 is 19.1 Å². The lowest BCUT2D eigenvalue weighted by Crippen LogP contribution is -2.53. The Morgan fingerprint density at radius 1 is 1.00 bits per heavy atom. The lowest BCUT2D eigenvalue weighted by molar-refractivity contribution is -0.133. The van der Waals surface area contributed by atoms with Crippen LogP contribution >= 0.6 is 0 Å². The monoisotopic (exact) mass is 457 g/mol. The first kappa shape index (κ1) is 23.5. The van der Waals surface area contributed by atoms with Crippen LogP contribution in [0, 0.1) is 0 Å². The summed E-state index contributed by atoms with van der Waals surface area (Å²) in [5.41, 5.74) is -0.424. The van der Waals surface area contributed by atoms with Gasteiger partial charge in [-0.15, -0.1) is 0 Å². The Kier molecular flexibility index (Phi) is 7.19. The van der Waals surface area contributed by atoms with E-state index in [1.807, 2.05) is 23.1 Å². The van der Waals surface area contributed by atoms with Crippen LogP contribution < -0.4 is 10.1 Å². The molecule has 4 rings (SSSR count). The van der Waals surface area contributed by atoms with Gasteiger partial charge in [-0.05, 0) is 37.5 Å².